The average Bonchev–Trinajstić information content (AvgIpc) is 2.63. The lowest BCUT2D eigenvalue weighted by Gasteiger charge is -2.25. The first-order valence-electron chi connectivity index (χ1n) is 7.89. The molecule has 1 heterocycles. The molecule has 0 aromatic heterocycles. The summed E-state index contributed by atoms with van der Waals surface area (Å²) in [6.07, 6.45) is 3.27. The number of morpholine rings is 1. The molecule has 6 heteroatoms. The maximum atomic E-state index is 13.0. The van der Waals surface area contributed by atoms with Gasteiger partial charge in [0, 0.05) is 34.0 Å². The monoisotopic (exact) mass is 377 g/mol. The van der Waals surface area contributed by atoms with Crippen LogP contribution in [0.4, 0.5) is 4.39 Å². The van der Waals surface area contributed by atoms with Gasteiger partial charge in [0.05, 0.1) is 13.2 Å². The van der Waals surface area contributed by atoms with Crippen LogP contribution in [0.15, 0.2) is 58.3 Å². The van der Waals surface area contributed by atoms with E-state index in [-0.39, 0.29) is 11.7 Å². The molecule has 1 fully saturated rings. The minimum atomic E-state index is -0.257. The Kier molecular flexibility index (Phi) is 6.13. The van der Waals surface area contributed by atoms with Crippen LogP contribution in [0.25, 0.3) is 6.08 Å². The summed E-state index contributed by atoms with van der Waals surface area (Å²) in [5, 5.41) is 0.568. The summed E-state index contributed by atoms with van der Waals surface area (Å²) in [5.41, 5.74) is 0.784. The van der Waals surface area contributed by atoms with E-state index >= 15 is 0 Å². The van der Waals surface area contributed by atoms with E-state index in [9.17, 15) is 9.18 Å². The highest BCUT2D eigenvalue weighted by molar-refractivity contribution is 7.99. The van der Waals surface area contributed by atoms with Gasteiger partial charge in [0.2, 0.25) is 5.91 Å². The van der Waals surface area contributed by atoms with Gasteiger partial charge in [-0.15, -0.1) is 0 Å². The van der Waals surface area contributed by atoms with E-state index in [2.05, 4.69) is 0 Å². The number of hydrogen-bond acceptors (Lipinski definition) is 3. The number of halogens is 2. The topological polar surface area (TPSA) is 29.5 Å². The number of carbonyl (C=O) groups is 1. The Labute approximate surface area is 155 Å². The molecule has 1 aliphatic heterocycles. The van der Waals surface area contributed by atoms with Crippen LogP contribution in [0.3, 0.4) is 0 Å². The maximum Gasteiger partial charge on any atom is 0.246 e. The fourth-order valence-electron chi connectivity index (χ4n) is 2.40. The molecule has 0 atom stereocenters. The van der Waals surface area contributed by atoms with Crippen molar-refractivity contribution in [3.63, 3.8) is 0 Å². The van der Waals surface area contributed by atoms with E-state index in [1.54, 1.807) is 29.2 Å². The van der Waals surface area contributed by atoms with E-state index in [4.69, 9.17) is 16.3 Å². The van der Waals surface area contributed by atoms with Crippen LogP contribution in [0.2, 0.25) is 5.02 Å². The SMILES string of the molecule is O=C(/C=C/c1ccc(Sc2ccc(F)cc2)cc1Cl)N1CCOCC1. The van der Waals surface area contributed by atoms with Crippen LogP contribution in [-0.2, 0) is 9.53 Å². The summed E-state index contributed by atoms with van der Waals surface area (Å²) in [7, 11) is 0. The van der Waals surface area contributed by atoms with Crippen LogP contribution >= 0.6 is 23.4 Å². The van der Waals surface area contributed by atoms with Crippen molar-refractivity contribution in [2.24, 2.45) is 0 Å². The van der Waals surface area contributed by atoms with Gasteiger partial charge in [-0.05, 0) is 48.0 Å². The van der Waals surface area contributed by atoms with Crippen LogP contribution < -0.4 is 0 Å². The standard InChI is InChI=1S/C19H17ClFNO2S/c20-18-13-17(25-16-6-3-15(21)4-7-16)5-1-14(18)2-8-19(23)22-9-11-24-12-10-22/h1-8,13H,9-12H2/b8-2+. The predicted octanol–water partition coefficient (Wildman–Crippen LogP) is 4.50. The summed E-state index contributed by atoms with van der Waals surface area (Å²) in [5.74, 6) is -0.295. The fourth-order valence-corrected chi connectivity index (χ4v) is 3.56. The van der Waals surface area contributed by atoms with Gasteiger partial charge in [-0.1, -0.05) is 29.4 Å². The van der Waals surface area contributed by atoms with Crippen molar-refractivity contribution in [2.75, 3.05) is 26.3 Å². The molecule has 25 heavy (non-hydrogen) atoms. The lowest BCUT2D eigenvalue weighted by molar-refractivity contribution is -0.129. The molecule has 0 spiro atoms. The molecule has 0 aliphatic carbocycles. The van der Waals surface area contributed by atoms with Crippen LogP contribution in [0.5, 0.6) is 0 Å². The molecule has 130 valence electrons. The Morgan fingerprint density at radius 2 is 1.80 bits per heavy atom. The molecule has 0 unspecified atom stereocenters. The quantitative estimate of drug-likeness (QED) is 0.734. The third-order valence-corrected chi connectivity index (χ3v) is 5.07. The van der Waals surface area contributed by atoms with E-state index in [0.29, 0.717) is 31.3 Å². The Morgan fingerprint density at radius 1 is 1.12 bits per heavy atom. The first-order valence-corrected chi connectivity index (χ1v) is 9.09. The van der Waals surface area contributed by atoms with Crippen LogP contribution in [0, 0.1) is 5.82 Å². The van der Waals surface area contributed by atoms with Crippen molar-refractivity contribution in [1.82, 2.24) is 4.90 Å². The number of amides is 1. The lowest BCUT2D eigenvalue weighted by atomic mass is 10.2. The number of nitrogens with zero attached hydrogens (tertiary/aromatic N) is 1. The Morgan fingerprint density at radius 3 is 2.48 bits per heavy atom. The zero-order chi connectivity index (χ0) is 17.6. The zero-order valence-corrected chi connectivity index (χ0v) is 15.0. The second kappa shape index (κ2) is 8.52. The highest BCUT2D eigenvalue weighted by Gasteiger charge is 2.14. The van der Waals surface area contributed by atoms with Crippen LogP contribution in [0.1, 0.15) is 5.56 Å². The molecule has 2 aromatic rings. The molecule has 1 amide bonds. The van der Waals surface area contributed by atoms with Gasteiger partial charge in [-0.2, -0.15) is 0 Å². The van der Waals surface area contributed by atoms with Crippen molar-refractivity contribution in [3.8, 4) is 0 Å². The summed E-state index contributed by atoms with van der Waals surface area (Å²) in [6, 6.07) is 12.0. The third-order valence-electron chi connectivity index (χ3n) is 3.75. The van der Waals surface area contributed by atoms with Gasteiger partial charge in [-0.3, -0.25) is 4.79 Å². The normalized spacial score (nSPS) is 14.9. The molecule has 1 aliphatic rings. The maximum absolute atomic E-state index is 13.0. The fraction of sp³-hybridized carbons (Fsp3) is 0.211. The second-order valence-corrected chi connectivity index (χ2v) is 7.06. The minimum absolute atomic E-state index is 0.0378. The van der Waals surface area contributed by atoms with E-state index < -0.39 is 0 Å². The molecule has 0 saturated carbocycles. The van der Waals surface area contributed by atoms with Crippen molar-refractivity contribution >= 4 is 35.3 Å². The predicted molar refractivity (Wildman–Crippen MR) is 98.4 cm³/mol. The van der Waals surface area contributed by atoms with Gasteiger partial charge >= 0.3 is 0 Å². The van der Waals surface area contributed by atoms with Gasteiger partial charge < -0.3 is 9.64 Å². The highest BCUT2D eigenvalue weighted by atomic mass is 35.5. The van der Waals surface area contributed by atoms with Crippen molar-refractivity contribution in [1.29, 1.82) is 0 Å². The number of hydrogen-bond donors (Lipinski definition) is 0. The summed E-state index contributed by atoms with van der Waals surface area (Å²) in [4.78, 5) is 15.8. The summed E-state index contributed by atoms with van der Waals surface area (Å²) >= 11 is 7.82. The number of rotatable bonds is 4. The van der Waals surface area contributed by atoms with Crippen LogP contribution in [-0.4, -0.2) is 37.1 Å². The van der Waals surface area contributed by atoms with Gasteiger partial charge in [0.25, 0.3) is 0 Å². The first kappa shape index (κ1) is 18.0. The molecule has 3 nitrogen and oxygen atoms in total. The van der Waals surface area contributed by atoms with Gasteiger partial charge in [0.1, 0.15) is 5.82 Å². The Bertz CT molecular complexity index is 773. The molecule has 0 bridgehead atoms. The average molecular weight is 378 g/mol. The molecular formula is C19H17ClFNO2S. The molecule has 2 aromatic carbocycles. The van der Waals surface area contributed by atoms with Gasteiger partial charge in [-0.25, -0.2) is 4.39 Å². The third kappa shape index (κ3) is 5.08. The molecule has 1 saturated heterocycles. The van der Waals surface area contributed by atoms with Gasteiger partial charge in [0.15, 0.2) is 0 Å². The largest absolute Gasteiger partial charge is 0.378 e. The molecular weight excluding hydrogens is 361 g/mol. The number of ether oxygens (including phenoxy) is 1. The lowest BCUT2D eigenvalue weighted by Crippen LogP contribution is -2.39. The smallest absolute Gasteiger partial charge is 0.246 e. The number of benzene rings is 2. The van der Waals surface area contributed by atoms with E-state index in [1.807, 2.05) is 18.2 Å². The zero-order valence-electron chi connectivity index (χ0n) is 13.5. The summed E-state index contributed by atoms with van der Waals surface area (Å²) < 4.78 is 18.2. The van der Waals surface area contributed by atoms with E-state index in [1.165, 1.54) is 23.9 Å². The van der Waals surface area contributed by atoms with E-state index in [0.717, 1.165) is 15.4 Å². The van der Waals surface area contributed by atoms with Crippen molar-refractivity contribution in [3.05, 3.63) is 64.9 Å². The molecule has 0 N–H and O–H groups in total. The van der Waals surface area contributed by atoms with Crippen molar-refractivity contribution < 1.29 is 13.9 Å². The molecule has 0 radical (unpaired) electrons. The summed E-state index contributed by atoms with van der Waals surface area (Å²) in [6.45, 7) is 2.39. The van der Waals surface area contributed by atoms with Crippen molar-refractivity contribution in [2.45, 2.75) is 9.79 Å². The highest BCUT2D eigenvalue weighted by Crippen LogP contribution is 2.31. The molecule has 3 rings (SSSR count). The first-order chi connectivity index (χ1) is 12.1. The number of carbonyl (C=O) groups excluding carboxylic acids is 1. The Hall–Kier alpha value is -1.82. The minimum Gasteiger partial charge on any atom is -0.378 e. The Balaban J connectivity index is 1.65. The second-order valence-electron chi connectivity index (χ2n) is 5.51.